The fraction of sp³-hybridized carbons (Fsp3) is 0.400. The quantitative estimate of drug-likeness (QED) is 0.513. The summed E-state index contributed by atoms with van der Waals surface area (Å²) in [5, 5.41) is 0. The van der Waals surface area contributed by atoms with Crippen LogP contribution >= 0.6 is 0 Å². The largest absolute Gasteiger partial charge is 0.487 e. The Bertz CT molecular complexity index is 267. The molecule has 0 N–H and O–H groups in total. The molecule has 0 spiro atoms. The van der Waals surface area contributed by atoms with Crippen molar-refractivity contribution in [3.05, 3.63) is 35.6 Å². The van der Waals surface area contributed by atoms with E-state index in [9.17, 15) is 0 Å². The van der Waals surface area contributed by atoms with Crippen LogP contribution in [-0.4, -0.2) is 5.60 Å². The van der Waals surface area contributed by atoms with Crippen LogP contribution in [0.1, 0.15) is 20.3 Å². The Morgan fingerprint density at radius 2 is 2.27 bits per heavy atom. The van der Waals surface area contributed by atoms with Gasteiger partial charge in [-0.3, -0.25) is 0 Å². The molecular formula is C10H12O. The Hall–Kier alpha value is -0.980. The predicted octanol–water partition coefficient (Wildman–Crippen LogP) is 2.57. The van der Waals surface area contributed by atoms with E-state index in [1.807, 2.05) is 12.2 Å². The van der Waals surface area contributed by atoms with Crippen LogP contribution in [0.3, 0.4) is 0 Å². The second-order valence-electron chi connectivity index (χ2n) is 3.62. The van der Waals surface area contributed by atoms with Gasteiger partial charge in [0.1, 0.15) is 11.4 Å². The third-order valence-electron chi connectivity index (χ3n) is 2.01. The van der Waals surface area contributed by atoms with E-state index in [1.165, 1.54) is 5.57 Å². The van der Waals surface area contributed by atoms with Gasteiger partial charge in [0.05, 0.1) is 0 Å². The summed E-state index contributed by atoms with van der Waals surface area (Å²) in [4.78, 5) is 0. The number of fused-ring (bicyclic) bond motifs is 1. The molecule has 0 fully saturated rings. The highest BCUT2D eigenvalue weighted by Gasteiger charge is 2.26. The summed E-state index contributed by atoms with van der Waals surface area (Å²) in [5.41, 5.74) is 1.23. The SMILES string of the molecule is CC1(C)CC=C2C=CC=C2O1. The van der Waals surface area contributed by atoms with Crippen LogP contribution in [0, 0.1) is 0 Å². The highest BCUT2D eigenvalue weighted by Crippen LogP contribution is 2.32. The zero-order chi connectivity index (χ0) is 7.90. The maximum absolute atomic E-state index is 5.73. The molecule has 0 saturated carbocycles. The number of allylic oxidation sites excluding steroid dienone is 3. The molecule has 1 aliphatic carbocycles. The van der Waals surface area contributed by atoms with E-state index in [1.54, 1.807) is 0 Å². The third-order valence-corrected chi connectivity index (χ3v) is 2.01. The topological polar surface area (TPSA) is 9.23 Å². The van der Waals surface area contributed by atoms with E-state index in [-0.39, 0.29) is 5.60 Å². The van der Waals surface area contributed by atoms with Gasteiger partial charge in [0, 0.05) is 12.0 Å². The molecule has 1 heterocycles. The molecule has 0 aromatic heterocycles. The molecule has 0 unspecified atom stereocenters. The first-order valence-electron chi connectivity index (χ1n) is 3.95. The Morgan fingerprint density at radius 3 is 3.09 bits per heavy atom. The Labute approximate surface area is 67.1 Å². The standard InChI is InChI=1S/C10H12O/c1-10(2)7-6-8-4-3-5-9(8)11-10/h3-6H,7H2,1-2H3. The zero-order valence-electron chi connectivity index (χ0n) is 6.92. The van der Waals surface area contributed by atoms with Crippen molar-refractivity contribution >= 4 is 0 Å². The first kappa shape index (κ1) is 6.71. The van der Waals surface area contributed by atoms with Gasteiger partial charge in [0.25, 0.3) is 0 Å². The molecule has 58 valence electrons. The first-order chi connectivity index (χ1) is 5.17. The highest BCUT2D eigenvalue weighted by molar-refractivity contribution is 5.46. The molecule has 0 aromatic rings. The molecule has 0 bridgehead atoms. The smallest absolute Gasteiger partial charge is 0.127 e. The van der Waals surface area contributed by atoms with Crippen molar-refractivity contribution in [1.29, 1.82) is 0 Å². The van der Waals surface area contributed by atoms with Crippen LogP contribution in [0.15, 0.2) is 35.6 Å². The van der Waals surface area contributed by atoms with E-state index in [2.05, 4.69) is 26.0 Å². The third kappa shape index (κ3) is 1.11. The molecule has 1 heteroatoms. The lowest BCUT2D eigenvalue weighted by Crippen LogP contribution is -2.26. The van der Waals surface area contributed by atoms with Gasteiger partial charge in [0.2, 0.25) is 0 Å². The molecule has 0 atom stereocenters. The molecular weight excluding hydrogens is 136 g/mol. The predicted molar refractivity (Wildman–Crippen MR) is 45.1 cm³/mol. The number of ether oxygens (including phenoxy) is 1. The van der Waals surface area contributed by atoms with Crippen molar-refractivity contribution < 1.29 is 4.74 Å². The molecule has 11 heavy (non-hydrogen) atoms. The summed E-state index contributed by atoms with van der Waals surface area (Å²) >= 11 is 0. The van der Waals surface area contributed by atoms with Gasteiger partial charge in [-0.2, -0.15) is 0 Å². The molecule has 2 rings (SSSR count). The highest BCUT2D eigenvalue weighted by atomic mass is 16.5. The lowest BCUT2D eigenvalue weighted by atomic mass is 9.99. The number of rotatable bonds is 0. The minimum atomic E-state index is -0.0125. The van der Waals surface area contributed by atoms with Crippen LogP contribution in [0.2, 0.25) is 0 Å². The van der Waals surface area contributed by atoms with E-state index >= 15 is 0 Å². The van der Waals surface area contributed by atoms with Crippen LogP contribution in [0.25, 0.3) is 0 Å². The normalized spacial score (nSPS) is 25.3. The number of hydrogen-bond donors (Lipinski definition) is 0. The van der Waals surface area contributed by atoms with Crippen molar-refractivity contribution in [3.63, 3.8) is 0 Å². The minimum Gasteiger partial charge on any atom is -0.487 e. The van der Waals surface area contributed by atoms with E-state index in [4.69, 9.17) is 4.74 Å². The van der Waals surface area contributed by atoms with Crippen molar-refractivity contribution in [2.24, 2.45) is 0 Å². The Morgan fingerprint density at radius 1 is 1.45 bits per heavy atom. The summed E-state index contributed by atoms with van der Waals surface area (Å²) < 4.78 is 5.73. The van der Waals surface area contributed by atoms with Gasteiger partial charge >= 0.3 is 0 Å². The Balaban J connectivity index is 2.32. The van der Waals surface area contributed by atoms with Gasteiger partial charge in [-0.1, -0.05) is 18.2 Å². The molecule has 0 saturated heterocycles. The lowest BCUT2D eigenvalue weighted by Gasteiger charge is -2.30. The first-order valence-corrected chi connectivity index (χ1v) is 3.95. The fourth-order valence-electron chi connectivity index (χ4n) is 1.37. The maximum Gasteiger partial charge on any atom is 0.127 e. The monoisotopic (exact) mass is 148 g/mol. The van der Waals surface area contributed by atoms with Crippen molar-refractivity contribution in [1.82, 2.24) is 0 Å². The molecule has 0 radical (unpaired) electrons. The van der Waals surface area contributed by atoms with Crippen molar-refractivity contribution in [2.45, 2.75) is 25.9 Å². The van der Waals surface area contributed by atoms with Gasteiger partial charge in [-0.25, -0.2) is 0 Å². The van der Waals surface area contributed by atoms with E-state index < -0.39 is 0 Å². The maximum atomic E-state index is 5.73. The van der Waals surface area contributed by atoms with Gasteiger partial charge in [-0.05, 0) is 19.9 Å². The summed E-state index contributed by atoms with van der Waals surface area (Å²) in [6.07, 6.45) is 9.38. The molecule has 2 aliphatic rings. The summed E-state index contributed by atoms with van der Waals surface area (Å²) in [6, 6.07) is 0. The molecule has 1 nitrogen and oxygen atoms in total. The lowest BCUT2D eigenvalue weighted by molar-refractivity contribution is 0.0362. The fourth-order valence-corrected chi connectivity index (χ4v) is 1.37. The molecule has 1 aliphatic heterocycles. The van der Waals surface area contributed by atoms with Crippen molar-refractivity contribution in [2.75, 3.05) is 0 Å². The van der Waals surface area contributed by atoms with Gasteiger partial charge in [0.15, 0.2) is 0 Å². The summed E-state index contributed by atoms with van der Waals surface area (Å²) in [7, 11) is 0. The second-order valence-corrected chi connectivity index (χ2v) is 3.62. The Kier molecular flexibility index (Phi) is 1.22. The average Bonchev–Trinajstić information content (AvgIpc) is 2.31. The van der Waals surface area contributed by atoms with Gasteiger partial charge in [-0.15, -0.1) is 0 Å². The van der Waals surface area contributed by atoms with Crippen LogP contribution in [0.4, 0.5) is 0 Å². The van der Waals surface area contributed by atoms with Crippen LogP contribution < -0.4 is 0 Å². The summed E-state index contributed by atoms with van der Waals surface area (Å²) in [6.45, 7) is 4.22. The van der Waals surface area contributed by atoms with Crippen molar-refractivity contribution in [3.8, 4) is 0 Å². The van der Waals surface area contributed by atoms with Crippen LogP contribution in [0.5, 0.6) is 0 Å². The van der Waals surface area contributed by atoms with Gasteiger partial charge < -0.3 is 4.74 Å². The minimum absolute atomic E-state index is 0.0125. The summed E-state index contributed by atoms with van der Waals surface area (Å²) in [5.74, 6) is 1.03. The van der Waals surface area contributed by atoms with E-state index in [0.717, 1.165) is 12.2 Å². The molecule has 0 aromatic carbocycles. The number of hydrogen-bond acceptors (Lipinski definition) is 1. The molecule has 0 amide bonds. The zero-order valence-corrected chi connectivity index (χ0v) is 6.92. The second kappa shape index (κ2) is 2.00. The average molecular weight is 148 g/mol. The van der Waals surface area contributed by atoms with E-state index in [0.29, 0.717) is 0 Å². The van der Waals surface area contributed by atoms with Crippen LogP contribution in [-0.2, 0) is 4.74 Å².